The molecule has 0 fully saturated rings. The summed E-state index contributed by atoms with van der Waals surface area (Å²) in [5.41, 5.74) is 3.74. The Bertz CT molecular complexity index is 1100. The summed E-state index contributed by atoms with van der Waals surface area (Å²) in [6.07, 6.45) is 9.39. The van der Waals surface area contributed by atoms with E-state index in [1.54, 1.807) is 30.7 Å². The first-order valence-corrected chi connectivity index (χ1v) is 12.7. The van der Waals surface area contributed by atoms with Gasteiger partial charge in [0, 0.05) is 18.0 Å². The Morgan fingerprint density at radius 2 is 1.51 bits per heavy atom. The fraction of sp³-hybridized carbons (Fsp3) is 0.345. The lowest BCUT2D eigenvalue weighted by atomic mass is 10.2. The highest BCUT2D eigenvalue weighted by molar-refractivity contribution is 5.94. The minimum Gasteiger partial charge on any atom is -0.494 e. The van der Waals surface area contributed by atoms with Crippen LogP contribution in [0.1, 0.15) is 55.5 Å². The number of ether oxygens (including phenoxy) is 4. The van der Waals surface area contributed by atoms with Gasteiger partial charge >= 0.3 is 0 Å². The van der Waals surface area contributed by atoms with Crippen LogP contribution in [0, 0.1) is 0 Å². The van der Waals surface area contributed by atoms with E-state index in [9.17, 15) is 4.79 Å². The largest absolute Gasteiger partial charge is 0.494 e. The Kier molecular flexibility index (Phi) is 11.8. The number of amides is 1. The van der Waals surface area contributed by atoms with Crippen molar-refractivity contribution in [3.8, 4) is 23.0 Å². The number of nitrogens with zero attached hydrogens (tertiary/aromatic N) is 2. The van der Waals surface area contributed by atoms with Crippen molar-refractivity contribution in [3.63, 3.8) is 0 Å². The SMILES string of the molecule is CCCCCCOc1ccc(OCCOc2ccc(C=NNC(=O)c3ccncc3)cc2OCC)cc1. The van der Waals surface area contributed by atoms with E-state index in [0.29, 0.717) is 36.9 Å². The minimum absolute atomic E-state index is 0.312. The number of nitrogens with one attached hydrogen (secondary N) is 1. The van der Waals surface area contributed by atoms with Gasteiger partial charge in [-0.15, -0.1) is 0 Å². The Hall–Kier alpha value is -4.07. The second-order valence-corrected chi connectivity index (χ2v) is 8.15. The molecule has 8 nitrogen and oxygen atoms in total. The highest BCUT2D eigenvalue weighted by atomic mass is 16.5. The van der Waals surface area contributed by atoms with Crippen molar-refractivity contribution in [3.05, 3.63) is 78.1 Å². The van der Waals surface area contributed by atoms with E-state index in [1.165, 1.54) is 19.3 Å². The molecule has 3 aromatic rings. The zero-order chi connectivity index (χ0) is 26.1. The number of aromatic nitrogens is 1. The van der Waals surface area contributed by atoms with Crippen LogP contribution >= 0.6 is 0 Å². The van der Waals surface area contributed by atoms with Gasteiger partial charge in [-0.05, 0) is 73.5 Å². The molecule has 1 heterocycles. The van der Waals surface area contributed by atoms with Gasteiger partial charge < -0.3 is 18.9 Å². The summed E-state index contributed by atoms with van der Waals surface area (Å²) in [4.78, 5) is 16.0. The Morgan fingerprint density at radius 1 is 0.811 bits per heavy atom. The zero-order valence-corrected chi connectivity index (χ0v) is 21.5. The lowest BCUT2D eigenvalue weighted by Crippen LogP contribution is -2.17. The molecule has 0 spiro atoms. The van der Waals surface area contributed by atoms with Gasteiger partial charge in [-0.1, -0.05) is 26.2 Å². The molecule has 0 aliphatic heterocycles. The van der Waals surface area contributed by atoms with Gasteiger partial charge in [0.25, 0.3) is 5.91 Å². The van der Waals surface area contributed by atoms with Crippen LogP contribution in [0.4, 0.5) is 0 Å². The van der Waals surface area contributed by atoms with Crippen molar-refractivity contribution >= 4 is 12.1 Å². The van der Waals surface area contributed by atoms with Crippen molar-refractivity contribution < 1.29 is 23.7 Å². The third-order valence-corrected chi connectivity index (χ3v) is 5.29. The van der Waals surface area contributed by atoms with E-state index in [1.807, 2.05) is 49.4 Å². The topological polar surface area (TPSA) is 91.3 Å². The number of hydrogen-bond acceptors (Lipinski definition) is 7. The van der Waals surface area contributed by atoms with Gasteiger partial charge in [0.15, 0.2) is 11.5 Å². The molecular formula is C29H35N3O5. The Balaban J connectivity index is 1.44. The van der Waals surface area contributed by atoms with Crippen molar-refractivity contribution in [2.45, 2.75) is 39.5 Å². The highest BCUT2D eigenvalue weighted by Crippen LogP contribution is 2.28. The summed E-state index contributed by atoms with van der Waals surface area (Å²) in [7, 11) is 0. The summed E-state index contributed by atoms with van der Waals surface area (Å²) >= 11 is 0. The number of hydrogen-bond donors (Lipinski definition) is 1. The molecule has 1 amide bonds. The van der Waals surface area contributed by atoms with E-state index in [4.69, 9.17) is 18.9 Å². The van der Waals surface area contributed by atoms with Gasteiger partial charge in [-0.2, -0.15) is 5.10 Å². The fourth-order valence-corrected chi connectivity index (χ4v) is 3.39. The third-order valence-electron chi connectivity index (χ3n) is 5.29. The number of rotatable bonds is 16. The maximum Gasteiger partial charge on any atom is 0.271 e. The number of hydrazone groups is 1. The summed E-state index contributed by atoms with van der Waals surface area (Å²) in [5, 5.41) is 4.02. The monoisotopic (exact) mass is 505 g/mol. The number of pyridine rings is 1. The normalized spacial score (nSPS) is 10.8. The first-order chi connectivity index (χ1) is 18.2. The molecule has 0 saturated heterocycles. The lowest BCUT2D eigenvalue weighted by Gasteiger charge is -2.13. The van der Waals surface area contributed by atoms with Crippen LogP contribution in [0.15, 0.2) is 72.1 Å². The van der Waals surface area contributed by atoms with Crippen molar-refractivity contribution in [1.82, 2.24) is 10.4 Å². The minimum atomic E-state index is -0.312. The number of carbonyl (C=O) groups excluding carboxylic acids is 1. The fourth-order valence-electron chi connectivity index (χ4n) is 3.39. The van der Waals surface area contributed by atoms with Crippen LogP contribution in [0.3, 0.4) is 0 Å². The van der Waals surface area contributed by atoms with Crippen LogP contribution in [0.5, 0.6) is 23.0 Å². The Labute approximate surface area is 218 Å². The molecule has 37 heavy (non-hydrogen) atoms. The van der Waals surface area contributed by atoms with Crippen molar-refractivity contribution in [2.75, 3.05) is 26.4 Å². The molecule has 0 aliphatic rings. The predicted molar refractivity (Wildman–Crippen MR) is 144 cm³/mol. The molecule has 2 aromatic carbocycles. The van der Waals surface area contributed by atoms with Crippen LogP contribution in [-0.2, 0) is 0 Å². The van der Waals surface area contributed by atoms with Crippen molar-refractivity contribution in [2.24, 2.45) is 5.10 Å². The lowest BCUT2D eigenvalue weighted by molar-refractivity contribution is 0.0955. The van der Waals surface area contributed by atoms with Crippen LogP contribution in [0.2, 0.25) is 0 Å². The second-order valence-electron chi connectivity index (χ2n) is 8.15. The second kappa shape index (κ2) is 15.8. The number of benzene rings is 2. The molecule has 1 aromatic heterocycles. The summed E-state index contributed by atoms with van der Waals surface area (Å²) in [6, 6.07) is 16.3. The van der Waals surface area contributed by atoms with Crippen LogP contribution < -0.4 is 24.4 Å². The maximum absolute atomic E-state index is 12.1. The van der Waals surface area contributed by atoms with Gasteiger partial charge in [0.05, 0.1) is 19.4 Å². The Morgan fingerprint density at radius 3 is 2.22 bits per heavy atom. The number of unbranched alkanes of at least 4 members (excludes halogenated alkanes) is 3. The van der Waals surface area contributed by atoms with Crippen LogP contribution in [-0.4, -0.2) is 43.5 Å². The van der Waals surface area contributed by atoms with E-state index < -0.39 is 0 Å². The summed E-state index contributed by atoms with van der Waals surface area (Å²) in [5.74, 6) is 2.49. The standard InChI is InChI=1S/C29H35N3O5/c1-3-5-6-7-18-35-25-9-11-26(12-10-25)36-19-20-37-27-13-8-23(21-28(27)34-4-2)22-31-32-29(33)24-14-16-30-17-15-24/h8-17,21-22H,3-7,18-20H2,1-2H3,(H,32,33). The molecule has 0 saturated carbocycles. The van der Waals surface area contributed by atoms with Gasteiger partial charge in [-0.25, -0.2) is 5.43 Å². The molecular weight excluding hydrogens is 470 g/mol. The zero-order valence-electron chi connectivity index (χ0n) is 21.5. The highest BCUT2D eigenvalue weighted by Gasteiger charge is 2.07. The van der Waals surface area contributed by atoms with Gasteiger partial charge in [0.1, 0.15) is 24.7 Å². The van der Waals surface area contributed by atoms with Gasteiger partial charge in [0.2, 0.25) is 0 Å². The maximum atomic E-state index is 12.1. The van der Waals surface area contributed by atoms with E-state index in [-0.39, 0.29) is 5.91 Å². The van der Waals surface area contributed by atoms with Crippen LogP contribution in [0.25, 0.3) is 0 Å². The molecule has 0 unspecified atom stereocenters. The first kappa shape index (κ1) is 27.5. The summed E-state index contributed by atoms with van der Waals surface area (Å²) < 4.78 is 23.2. The molecule has 0 bridgehead atoms. The third kappa shape index (κ3) is 9.83. The molecule has 196 valence electrons. The van der Waals surface area contributed by atoms with E-state index >= 15 is 0 Å². The van der Waals surface area contributed by atoms with E-state index in [0.717, 1.165) is 30.1 Å². The van der Waals surface area contributed by atoms with E-state index in [2.05, 4.69) is 22.4 Å². The molecule has 3 rings (SSSR count). The molecule has 1 N–H and O–H groups in total. The average Bonchev–Trinajstić information content (AvgIpc) is 2.93. The quantitative estimate of drug-likeness (QED) is 0.153. The predicted octanol–water partition coefficient (Wildman–Crippen LogP) is 5.66. The number of carbonyl (C=O) groups is 1. The molecule has 0 atom stereocenters. The molecule has 0 aliphatic carbocycles. The van der Waals surface area contributed by atoms with Gasteiger partial charge in [-0.3, -0.25) is 9.78 Å². The molecule has 8 heteroatoms. The first-order valence-electron chi connectivity index (χ1n) is 12.7. The van der Waals surface area contributed by atoms with Crippen molar-refractivity contribution in [1.29, 1.82) is 0 Å². The average molecular weight is 506 g/mol. The smallest absolute Gasteiger partial charge is 0.271 e. The molecule has 0 radical (unpaired) electrons. The summed E-state index contributed by atoms with van der Waals surface area (Å²) in [6.45, 7) is 6.06.